The zero-order valence-electron chi connectivity index (χ0n) is 14.9. The maximum atomic E-state index is 12.6. The average Bonchev–Trinajstić information content (AvgIpc) is 3.13. The van der Waals surface area contributed by atoms with Crippen LogP contribution in [0.2, 0.25) is 0 Å². The van der Waals surface area contributed by atoms with Gasteiger partial charge in [0.1, 0.15) is 12.1 Å². The summed E-state index contributed by atoms with van der Waals surface area (Å²) in [5, 5.41) is 7.96. The molecule has 0 radical (unpaired) electrons. The molecule has 1 aromatic heterocycles. The summed E-state index contributed by atoms with van der Waals surface area (Å²) in [6.45, 7) is 1.25. The molecule has 3 atom stereocenters. The Morgan fingerprint density at radius 3 is 2.96 bits per heavy atom. The highest BCUT2D eigenvalue weighted by molar-refractivity contribution is 7.80. The number of nitrogens with one attached hydrogen (secondary N) is 2. The number of carbonyl (C=O) groups excluding carboxylic acids is 2. The molecule has 14 heteroatoms. The van der Waals surface area contributed by atoms with Gasteiger partial charge in [-0.25, -0.2) is 10.3 Å². The largest absolute Gasteiger partial charge is 0.418 e. The third-order valence-corrected chi connectivity index (χ3v) is 5.51. The van der Waals surface area contributed by atoms with E-state index in [9.17, 15) is 18.0 Å². The van der Waals surface area contributed by atoms with Gasteiger partial charge in [-0.3, -0.25) is 18.9 Å². The van der Waals surface area contributed by atoms with Gasteiger partial charge in [-0.05, 0) is 12.8 Å². The highest BCUT2D eigenvalue weighted by Gasteiger charge is 2.49. The van der Waals surface area contributed by atoms with Crippen LogP contribution in [0.15, 0.2) is 6.20 Å². The summed E-state index contributed by atoms with van der Waals surface area (Å²) >= 11 is 0. The zero-order chi connectivity index (χ0) is 20.1. The van der Waals surface area contributed by atoms with Gasteiger partial charge in [0.15, 0.2) is 0 Å². The van der Waals surface area contributed by atoms with Gasteiger partial charge in [-0.2, -0.15) is 18.6 Å². The topological polar surface area (TPSA) is 155 Å². The number of aromatic nitrogens is 2. The van der Waals surface area contributed by atoms with E-state index >= 15 is 0 Å². The SMILES string of the molecule is Cn1ncc2c1CNCC2ONC(=O)[C@@H]1CCC2CN1C(=O)N2OS(=O)(=O)O. The molecule has 2 unspecified atom stereocenters. The molecule has 3 aliphatic rings. The number of carbonyl (C=O) groups is 2. The highest BCUT2D eigenvalue weighted by Crippen LogP contribution is 2.31. The normalized spacial score (nSPS) is 27.1. The van der Waals surface area contributed by atoms with E-state index < -0.39 is 40.5 Å². The van der Waals surface area contributed by atoms with Crippen molar-refractivity contribution in [1.29, 1.82) is 0 Å². The Hall–Kier alpha value is -2.26. The van der Waals surface area contributed by atoms with E-state index in [0.717, 1.165) is 11.3 Å². The van der Waals surface area contributed by atoms with Crippen LogP contribution in [0.3, 0.4) is 0 Å². The molecule has 0 aromatic carbocycles. The number of amides is 3. The molecule has 154 valence electrons. The van der Waals surface area contributed by atoms with E-state index in [-0.39, 0.29) is 6.54 Å². The van der Waals surface area contributed by atoms with Crippen molar-refractivity contribution in [2.24, 2.45) is 7.05 Å². The summed E-state index contributed by atoms with van der Waals surface area (Å²) in [5.41, 5.74) is 4.23. The molecule has 3 aliphatic heterocycles. The molecule has 2 bridgehead atoms. The Morgan fingerprint density at radius 2 is 2.21 bits per heavy atom. The highest BCUT2D eigenvalue weighted by atomic mass is 32.3. The van der Waals surface area contributed by atoms with Crippen LogP contribution in [-0.4, -0.2) is 69.8 Å². The van der Waals surface area contributed by atoms with Gasteiger partial charge >= 0.3 is 16.4 Å². The van der Waals surface area contributed by atoms with Crippen molar-refractivity contribution in [3.05, 3.63) is 17.5 Å². The van der Waals surface area contributed by atoms with Gasteiger partial charge in [0.2, 0.25) is 0 Å². The lowest BCUT2D eigenvalue weighted by Crippen LogP contribution is -2.50. The second kappa shape index (κ2) is 6.97. The third-order valence-electron chi connectivity index (χ3n) is 5.16. The number of hydrogen-bond donors (Lipinski definition) is 3. The van der Waals surface area contributed by atoms with Crippen LogP contribution in [-0.2, 0) is 37.9 Å². The van der Waals surface area contributed by atoms with Crippen LogP contribution in [0.1, 0.15) is 30.2 Å². The summed E-state index contributed by atoms with van der Waals surface area (Å²) in [7, 11) is -3.01. The number of fused-ring (bicyclic) bond motifs is 3. The maximum absolute atomic E-state index is 12.6. The first-order valence-electron chi connectivity index (χ1n) is 8.68. The fraction of sp³-hybridized carbons (Fsp3) is 0.643. The van der Waals surface area contributed by atoms with Crippen molar-refractivity contribution in [3.8, 4) is 0 Å². The number of rotatable bonds is 5. The molecule has 4 heterocycles. The predicted molar refractivity (Wildman–Crippen MR) is 90.3 cm³/mol. The van der Waals surface area contributed by atoms with Crippen LogP contribution >= 0.6 is 0 Å². The minimum Gasteiger partial charge on any atom is -0.309 e. The Morgan fingerprint density at radius 1 is 1.43 bits per heavy atom. The lowest BCUT2D eigenvalue weighted by Gasteiger charge is -2.30. The van der Waals surface area contributed by atoms with Gasteiger partial charge < -0.3 is 10.2 Å². The van der Waals surface area contributed by atoms with E-state index in [1.165, 1.54) is 4.90 Å². The second-order valence-electron chi connectivity index (χ2n) is 6.88. The van der Waals surface area contributed by atoms with Crippen molar-refractivity contribution >= 4 is 22.3 Å². The number of urea groups is 1. The minimum absolute atomic E-state index is 0.115. The van der Waals surface area contributed by atoms with E-state index in [2.05, 4.69) is 20.2 Å². The fourth-order valence-corrected chi connectivity index (χ4v) is 4.19. The Labute approximate surface area is 160 Å². The van der Waals surface area contributed by atoms with Crippen molar-refractivity contribution in [1.82, 2.24) is 30.5 Å². The quantitative estimate of drug-likeness (QED) is 0.389. The summed E-state index contributed by atoms with van der Waals surface area (Å²) in [5.74, 6) is -0.517. The summed E-state index contributed by atoms with van der Waals surface area (Å²) in [6.07, 6.45) is 1.91. The molecule has 3 N–H and O–H groups in total. The Kier molecular flexibility index (Phi) is 4.75. The summed E-state index contributed by atoms with van der Waals surface area (Å²) in [6, 6.07) is -2.18. The molecule has 3 amide bonds. The van der Waals surface area contributed by atoms with Crippen LogP contribution < -0.4 is 10.8 Å². The molecule has 2 saturated heterocycles. The van der Waals surface area contributed by atoms with E-state index in [1.807, 2.05) is 7.05 Å². The molecule has 13 nitrogen and oxygen atoms in total. The van der Waals surface area contributed by atoms with Crippen molar-refractivity contribution < 1.29 is 31.7 Å². The van der Waals surface area contributed by atoms with Crippen molar-refractivity contribution in [2.75, 3.05) is 13.1 Å². The monoisotopic (exact) mass is 416 g/mol. The lowest BCUT2D eigenvalue weighted by molar-refractivity contribution is -0.144. The molecule has 28 heavy (non-hydrogen) atoms. The third kappa shape index (κ3) is 3.44. The van der Waals surface area contributed by atoms with Gasteiger partial charge in [0, 0.05) is 32.2 Å². The van der Waals surface area contributed by atoms with Gasteiger partial charge in [0.05, 0.1) is 17.9 Å². The van der Waals surface area contributed by atoms with E-state index in [4.69, 9.17) is 9.39 Å². The molecule has 2 fully saturated rings. The number of piperidine rings is 1. The smallest absolute Gasteiger partial charge is 0.309 e. The van der Waals surface area contributed by atoms with Crippen LogP contribution in [0.25, 0.3) is 0 Å². The number of aryl methyl sites for hydroxylation is 1. The first-order chi connectivity index (χ1) is 13.2. The number of hydrogen-bond acceptors (Lipinski definition) is 8. The Balaban J connectivity index is 1.39. The Bertz CT molecular complexity index is 902. The summed E-state index contributed by atoms with van der Waals surface area (Å²) in [4.78, 5) is 31.7. The van der Waals surface area contributed by atoms with Crippen LogP contribution in [0.4, 0.5) is 4.79 Å². The first-order valence-corrected chi connectivity index (χ1v) is 10.0. The predicted octanol–water partition coefficient (Wildman–Crippen LogP) is -1.38. The number of hydroxylamine groups is 3. The minimum atomic E-state index is -4.83. The maximum Gasteiger partial charge on any atom is 0.418 e. The second-order valence-corrected chi connectivity index (χ2v) is 7.89. The molecule has 0 saturated carbocycles. The van der Waals surface area contributed by atoms with Crippen LogP contribution in [0, 0.1) is 0 Å². The zero-order valence-corrected chi connectivity index (χ0v) is 15.8. The molecule has 0 aliphatic carbocycles. The lowest BCUT2D eigenvalue weighted by atomic mass is 10.0. The van der Waals surface area contributed by atoms with Gasteiger partial charge in [0.25, 0.3) is 5.91 Å². The fourth-order valence-electron chi connectivity index (χ4n) is 3.80. The summed E-state index contributed by atoms with van der Waals surface area (Å²) < 4.78 is 36.7. The van der Waals surface area contributed by atoms with Gasteiger partial charge in [-0.15, -0.1) is 4.28 Å². The molecule has 0 spiro atoms. The molecule has 1 aromatic rings. The molecular formula is C14H20N6O7S. The van der Waals surface area contributed by atoms with E-state index in [1.54, 1.807) is 10.9 Å². The van der Waals surface area contributed by atoms with Gasteiger partial charge in [-0.1, -0.05) is 0 Å². The number of nitrogens with zero attached hydrogens (tertiary/aromatic N) is 4. The standard InChI is InChI=1S/C14H20N6O7S/c1-18-11-5-15-6-12(9(11)4-16-18)26-17-13(21)10-3-2-8-7-19(10)14(22)20(8)27-28(23,24)25/h4,8,10,12,15H,2-3,5-7H2,1H3,(H,17,21)(H,23,24,25)/t8?,10-,12?/m0/s1. The average molecular weight is 416 g/mol. The first kappa shape index (κ1) is 19.1. The molecule has 4 rings (SSSR count). The molecular weight excluding hydrogens is 396 g/mol. The van der Waals surface area contributed by atoms with E-state index in [0.29, 0.717) is 31.0 Å². The van der Waals surface area contributed by atoms with Crippen molar-refractivity contribution in [2.45, 2.75) is 37.6 Å². The van der Waals surface area contributed by atoms with Crippen molar-refractivity contribution in [3.63, 3.8) is 0 Å². The van der Waals surface area contributed by atoms with Crippen LogP contribution in [0.5, 0.6) is 0 Å².